The first-order valence-electron chi connectivity index (χ1n) is 5.95. The zero-order chi connectivity index (χ0) is 15.8. The van der Waals surface area contributed by atoms with Gasteiger partial charge in [0.25, 0.3) is 10.2 Å². The van der Waals surface area contributed by atoms with Gasteiger partial charge >= 0.3 is 0 Å². The predicted octanol–water partition coefficient (Wildman–Crippen LogP) is -0.568. The van der Waals surface area contributed by atoms with E-state index >= 15 is 0 Å². The van der Waals surface area contributed by atoms with Crippen molar-refractivity contribution in [2.24, 2.45) is 5.14 Å². The van der Waals surface area contributed by atoms with E-state index in [4.69, 9.17) is 22.5 Å². The van der Waals surface area contributed by atoms with E-state index in [0.717, 1.165) is 8.61 Å². The zero-order valence-corrected chi connectivity index (χ0v) is 13.3. The molecule has 1 aromatic carbocycles. The molecule has 1 aliphatic heterocycles. The van der Waals surface area contributed by atoms with Crippen LogP contribution in [0.1, 0.15) is 0 Å². The topological polar surface area (TPSA) is 127 Å². The summed E-state index contributed by atoms with van der Waals surface area (Å²) in [4.78, 5) is -0.0896. The Hall–Kier alpha value is -0.910. The number of hydrogen-bond acceptors (Lipinski definition) is 5. The van der Waals surface area contributed by atoms with Crippen LogP contribution in [0.15, 0.2) is 23.1 Å². The number of nitrogen functional groups attached to an aromatic ring is 1. The highest BCUT2D eigenvalue weighted by atomic mass is 35.5. The highest BCUT2D eigenvalue weighted by molar-refractivity contribution is 7.89. The molecule has 8 nitrogen and oxygen atoms in total. The fourth-order valence-corrected chi connectivity index (χ4v) is 4.63. The molecule has 1 fully saturated rings. The lowest BCUT2D eigenvalue weighted by Crippen LogP contribution is -2.52. The summed E-state index contributed by atoms with van der Waals surface area (Å²) in [6.45, 7) is 0.00375. The van der Waals surface area contributed by atoms with E-state index in [0.29, 0.717) is 0 Å². The van der Waals surface area contributed by atoms with Crippen molar-refractivity contribution in [3.8, 4) is 0 Å². The molecule has 2 rings (SSSR count). The lowest BCUT2D eigenvalue weighted by atomic mass is 10.3. The highest BCUT2D eigenvalue weighted by Crippen LogP contribution is 2.27. The Morgan fingerprint density at radius 1 is 1.00 bits per heavy atom. The molecule has 21 heavy (non-hydrogen) atoms. The molecule has 0 bridgehead atoms. The first-order chi connectivity index (χ1) is 9.62. The minimum Gasteiger partial charge on any atom is -0.399 e. The Bertz CT molecular complexity index is 742. The van der Waals surface area contributed by atoms with Gasteiger partial charge in [0.1, 0.15) is 4.90 Å². The van der Waals surface area contributed by atoms with Crippen LogP contribution in [-0.4, -0.2) is 51.6 Å². The quantitative estimate of drug-likeness (QED) is 0.703. The summed E-state index contributed by atoms with van der Waals surface area (Å²) >= 11 is 5.91. The second-order valence-corrected chi connectivity index (χ2v) is 8.40. The molecule has 4 N–H and O–H groups in total. The number of rotatable bonds is 3. The lowest BCUT2D eigenvalue weighted by Gasteiger charge is -2.32. The van der Waals surface area contributed by atoms with Crippen molar-refractivity contribution < 1.29 is 16.8 Å². The predicted molar refractivity (Wildman–Crippen MR) is 79.3 cm³/mol. The van der Waals surface area contributed by atoms with Gasteiger partial charge in [0.15, 0.2) is 0 Å². The van der Waals surface area contributed by atoms with Gasteiger partial charge in [0.05, 0.1) is 5.02 Å². The van der Waals surface area contributed by atoms with Gasteiger partial charge in [0.2, 0.25) is 10.0 Å². The van der Waals surface area contributed by atoms with Gasteiger partial charge in [-0.15, -0.1) is 0 Å². The molecule has 0 aromatic heterocycles. The molecule has 0 aliphatic carbocycles. The number of benzene rings is 1. The molecule has 11 heteroatoms. The molecule has 0 radical (unpaired) electrons. The third-order valence-corrected chi connectivity index (χ3v) is 6.60. The van der Waals surface area contributed by atoms with Crippen LogP contribution in [-0.2, 0) is 20.2 Å². The third-order valence-electron chi connectivity index (χ3n) is 3.13. The summed E-state index contributed by atoms with van der Waals surface area (Å²) in [6, 6.07) is 4.19. The summed E-state index contributed by atoms with van der Waals surface area (Å²) in [6.07, 6.45) is 0. The third kappa shape index (κ3) is 3.47. The smallest absolute Gasteiger partial charge is 0.276 e. The minimum absolute atomic E-state index is 0.00199. The fraction of sp³-hybridized carbons (Fsp3) is 0.400. The van der Waals surface area contributed by atoms with Crippen LogP contribution in [0.25, 0.3) is 0 Å². The molecule has 0 unspecified atom stereocenters. The first kappa shape index (κ1) is 16.5. The minimum atomic E-state index is -3.83. The molecule has 1 saturated heterocycles. The second kappa shape index (κ2) is 5.71. The number of sulfonamides is 1. The number of nitrogens with two attached hydrogens (primary N) is 2. The Morgan fingerprint density at radius 2 is 1.52 bits per heavy atom. The average Bonchev–Trinajstić information content (AvgIpc) is 2.40. The average molecular weight is 355 g/mol. The SMILES string of the molecule is Nc1ccc(Cl)c(S(=O)(=O)N2CCN(S(N)(=O)=O)CC2)c1. The maximum absolute atomic E-state index is 12.5. The van der Waals surface area contributed by atoms with E-state index < -0.39 is 20.2 Å². The standard InChI is InChI=1S/C10H15ClN4O4S2/c11-9-2-1-8(12)7-10(9)20(16,17)14-3-5-15(6-4-14)21(13,18)19/h1-2,7H,3-6,12H2,(H2,13,18,19). The molecule has 0 amide bonds. The summed E-state index contributed by atoms with van der Waals surface area (Å²) in [5, 5.41) is 5.08. The van der Waals surface area contributed by atoms with Crippen LogP contribution in [0.4, 0.5) is 5.69 Å². The van der Waals surface area contributed by atoms with Gasteiger partial charge in [-0.3, -0.25) is 0 Å². The van der Waals surface area contributed by atoms with Gasteiger partial charge in [-0.1, -0.05) is 11.6 Å². The van der Waals surface area contributed by atoms with Gasteiger partial charge < -0.3 is 5.73 Å². The number of hydrogen-bond donors (Lipinski definition) is 2. The normalized spacial score (nSPS) is 18.8. The van der Waals surface area contributed by atoms with E-state index in [9.17, 15) is 16.8 Å². The monoisotopic (exact) mass is 354 g/mol. The van der Waals surface area contributed by atoms with Crippen molar-refractivity contribution >= 4 is 37.5 Å². The molecule has 1 heterocycles. The summed E-state index contributed by atoms with van der Waals surface area (Å²) in [5.74, 6) is 0. The zero-order valence-electron chi connectivity index (χ0n) is 10.9. The van der Waals surface area contributed by atoms with Crippen molar-refractivity contribution in [1.29, 1.82) is 0 Å². The molecule has 118 valence electrons. The van der Waals surface area contributed by atoms with Crippen molar-refractivity contribution in [1.82, 2.24) is 8.61 Å². The van der Waals surface area contributed by atoms with Crippen molar-refractivity contribution in [3.05, 3.63) is 23.2 Å². The van der Waals surface area contributed by atoms with Gasteiger partial charge in [-0.25, -0.2) is 13.6 Å². The molecule has 1 aromatic rings. The Balaban J connectivity index is 2.25. The largest absolute Gasteiger partial charge is 0.399 e. The number of anilines is 1. The maximum atomic E-state index is 12.5. The van der Waals surface area contributed by atoms with E-state index in [1.165, 1.54) is 18.2 Å². The van der Waals surface area contributed by atoms with E-state index in [-0.39, 0.29) is 41.8 Å². The van der Waals surface area contributed by atoms with Gasteiger partial charge in [-0.05, 0) is 18.2 Å². The number of halogens is 1. The second-order valence-electron chi connectivity index (χ2n) is 4.54. The van der Waals surface area contributed by atoms with Crippen molar-refractivity contribution in [2.75, 3.05) is 31.9 Å². The van der Waals surface area contributed by atoms with E-state index in [1.54, 1.807) is 0 Å². The number of nitrogens with zero attached hydrogens (tertiary/aromatic N) is 2. The molecular weight excluding hydrogens is 340 g/mol. The Labute approximate surface area is 128 Å². The maximum Gasteiger partial charge on any atom is 0.276 e. The lowest BCUT2D eigenvalue weighted by molar-refractivity contribution is 0.273. The van der Waals surface area contributed by atoms with Crippen LogP contribution in [0.2, 0.25) is 5.02 Å². The van der Waals surface area contributed by atoms with Crippen LogP contribution in [0, 0.1) is 0 Å². The molecule has 0 saturated carbocycles. The molecular formula is C10H15ClN4O4S2. The van der Waals surface area contributed by atoms with Crippen LogP contribution >= 0.6 is 11.6 Å². The Kier molecular flexibility index (Phi) is 4.47. The summed E-state index contributed by atoms with van der Waals surface area (Å²) in [7, 11) is -7.63. The van der Waals surface area contributed by atoms with Gasteiger partial charge in [0, 0.05) is 31.9 Å². The summed E-state index contributed by atoms with van der Waals surface area (Å²) < 4.78 is 49.6. The molecule has 0 atom stereocenters. The highest BCUT2D eigenvalue weighted by Gasteiger charge is 2.32. The van der Waals surface area contributed by atoms with Crippen molar-refractivity contribution in [2.45, 2.75) is 4.90 Å². The number of piperazine rings is 1. The van der Waals surface area contributed by atoms with E-state index in [1.807, 2.05) is 0 Å². The first-order valence-corrected chi connectivity index (χ1v) is 9.27. The van der Waals surface area contributed by atoms with Crippen molar-refractivity contribution in [3.63, 3.8) is 0 Å². The fourth-order valence-electron chi connectivity index (χ4n) is 2.02. The van der Waals surface area contributed by atoms with Crippen LogP contribution in [0.5, 0.6) is 0 Å². The van der Waals surface area contributed by atoms with Crippen LogP contribution in [0.3, 0.4) is 0 Å². The Morgan fingerprint density at radius 3 is 2.05 bits per heavy atom. The van der Waals surface area contributed by atoms with Gasteiger partial charge in [-0.2, -0.15) is 17.0 Å². The van der Waals surface area contributed by atoms with Crippen LogP contribution < -0.4 is 10.9 Å². The van der Waals surface area contributed by atoms with E-state index in [2.05, 4.69) is 0 Å². The summed E-state index contributed by atoms with van der Waals surface area (Å²) in [5.41, 5.74) is 5.87. The molecule has 1 aliphatic rings. The molecule has 0 spiro atoms.